The van der Waals surface area contributed by atoms with Crippen molar-refractivity contribution in [3.05, 3.63) is 81.8 Å². The van der Waals surface area contributed by atoms with Gasteiger partial charge in [-0.2, -0.15) is 0 Å². The van der Waals surface area contributed by atoms with Crippen molar-refractivity contribution in [1.29, 1.82) is 0 Å². The van der Waals surface area contributed by atoms with E-state index < -0.39 is 0 Å². The average molecular weight is 438 g/mol. The Morgan fingerprint density at radius 3 is 2.73 bits per heavy atom. The number of aryl methyl sites for hydroxylation is 1. The number of rotatable bonds is 8. The van der Waals surface area contributed by atoms with Crippen molar-refractivity contribution in [1.82, 2.24) is 14.7 Å². The van der Waals surface area contributed by atoms with Crippen molar-refractivity contribution in [2.75, 3.05) is 0 Å². The Hall–Kier alpha value is -2.63. The molecule has 1 amide bonds. The lowest BCUT2D eigenvalue weighted by Gasteiger charge is -2.17. The molecular formula is C24H24ClN3OS. The van der Waals surface area contributed by atoms with Gasteiger partial charge in [0, 0.05) is 28.1 Å². The van der Waals surface area contributed by atoms with Gasteiger partial charge in [-0.3, -0.25) is 4.79 Å². The van der Waals surface area contributed by atoms with Gasteiger partial charge in [-0.05, 0) is 48.6 Å². The molecule has 0 aliphatic heterocycles. The van der Waals surface area contributed by atoms with Gasteiger partial charge in [0.05, 0.1) is 17.4 Å². The van der Waals surface area contributed by atoms with Crippen LogP contribution >= 0.6 is 22.9 Å². The fourth-order valence-electron chi connectivity index (χ4n) is 3.69. The number of pyridine rings is 1. The molecule has 1 atom stereocenters. The maximum atomic E-state index is 12.8. The number of hydrogen-bond donors (Lipinski definition) is 1. The first-order valence-electron chi connectivity index (χ1n) is 10.2. The summed E-state index contributed by atoms with van der Waals surface area (Å²) in [6.45, 7) is 2.14. The molecule has 0 aliphatic carbocycles. The molecular weight excluding hydrogens is 414 g/mol. The second-order valence-electron chi connectivity index (χ2n) is 7.27. The zero-order chi connectivity index (χ0) is 20.9. The van der Waals surface area contributed by atoms with E-state index in [4.69, 9.17) is 16.6 Å². The van der Waals surface area contributed by atoms with Crippen LogP contribution in [0.15, 0.2) is 66.2 Å². The topological polar surface area (TPSA) is 46.4 Å². The summed E-state index contributed by atoms with van der Waals surface area (Å²) in [5.41, 5.74) is 3.81. The van der Waals surface area contributed by atoms with Crippen molar-refractivity contribution < 1.29 is 4.79 Å². The third kappa shape index (κ3) is 4.58. The van der Waals surface area contributed by atoms with Crippen LogP contribution in [-0.2, 0) is 11.2 Å². The molecule has 154 valence electrons. The Kier molecular flexibility index (Phi) is 6.50. The molecule has 4 aromatic rings. The van der Waals surface area contributed by atoms with Crippen LogP contribution in [-0.4, -0.2) is 15.3 Å². The molecule has 0 saturated heterocycles. The van der Waals surface area contributed by atoms with E-state index in [1.807, 2.05) is 54.7 Å². The highest BCUT2D eigenvalue weighted by atomic mass is 35.5. The third-order valence-corrected chi connectivity index (χ3v) is 6.37. The standard InChI is InChI=1S/C24H24ClN3OS/c1-2-6-19(21-7-5-16-30-21)26-23(29)14-13-20-24(17-9-11-18(25)12-10-17)27-22-8-3-4-15-28(20)22/h3-5,7-12,15-16,19H,2,6,13-14H2,1H3,(H,26,29)/t19-/m0/s1. The Labute approximate surface area is 185 Å². The van der Waals surface area contributed by atoms with Crippen LogP contribution in [0.2, 0.25) is 5.02 Å². The largest absolute Gasteiger partial charge is 0.348 e. The fourth-order valence-corrected chi connectivity index (χ4v) is 4.63. The number of fused-ring (bicyclic) bond motifs is 1. The molecule has 0 saturated carbocycles. The van der Waals surface area contributed by atoms with Crippen LogP contribution in [0.4, 0.5) is 0 Å². The van der Waals surface area contributed by atoms with Crippen LogP contribution in [0, 0.1) is 0 Å². The minimum absolute atomic E-state index is 0.0646. The first-order chi connectivity index (χ1) is 14.7. The predicted octanol–water partition coefficient (Wildman–Crippen LogP) is 6.31. The minimum atomic E-state index is 0.0646. The smallest absolute Gasteiger partial charge is 0.220 e. The number of aromatic nitrogens is 2. The summed E-state index contributed by atoms with van der Waals surface area (Å²) in [6, 6.07) is 17.8. The maximum absolute atomic E-state index is 12.8. The van der Waals surface area contributed by atoms with E-state index in [2.05, 4.69) is 28.1 Å². The summed E-state index contributed by atoms with van der Waals surface area (Å²) in [5.74, 6) is 0.0646. The molecule has 30 heavy (non-hydrogen) atoms. The lowest BCUT2D eigenvalue weighted by Crippen LogP contribution is -2.28. The van der Waals surface area contributed by atoms with Crippen LogP contribution < -0.4 is 5.32 Å². The molecule has 1 aromatic carbocycles. The second kappa shape index (κ2) is 9.45. The third-order valence-electron chi connectivity index (χ3n) is 5.13. The fraction of sp³-hybridized carbons (Fsp3) is 0.250. The van der Waals surface area contributed by atoms with Gasteiger partial charge in [-0.25, -0.2) is 4.98 Å². The number of amides is 1. The number of nitrogens with one attached hydrogen (secondary N) is 1. The molecule has 4 nitrogen and oxygen atoms in total. The van der Waals surface area contributed by atoms with Crippen LogP contribution in [0.25, 0.3) is 16.9 Å². The highest BCUT2D eigenvalue weighted by Gasteiger charge is 2.18. The maximum Gasteiger partial charge on any atom is 0.220 e. The number of carbonyl (C=O) groups is 1. The van der Waals surface area contributed by atoms with Crippen LogP contribution in [0.5, 0.6) is 0 Å². The number of carbonyl (C=O) groups excluding carboxylic acids is 1. The Morgan fingerprint density at radius 1 is 1.17 bits per heavy atom. The van der Waals surface area contributed by atoms with Gasteiger partial charge in [0.1, 0.15) is 5.65 Å². The second-order valence-corrected chi connectivity index (χ2v) is 8.68. The first kappa shape index (κ1) is 20.6. The van der Waals surface area contributed by atoms with Gasteiger partial charge < -0.3 is 9.72 Å². The number of hydrogen-bond acceptors (Lipinski definition) is 3. The minimum Gasteiger partial charge on any atom is -0.348 e. The Balaban J connectivity index is 1.55. The number of nitrogens with zero attached hydrogens (tertiary/aromatic N) is 2. The zero-order valence-corrected chi connectivity index (χ0v) is 18.4. The van der Waals surface area contributed by atoms with Gasteiger partial charge in [-0.15, -0.1) is 11.3 Å². The van der Waals surface area contributed by atoms with Gasteiger partial charge in [0.15, 0.2) is 0 Å². The Bertz CT molecular complexity index is 1120. The van der Waals surface area contributed by atoms with Crippen LogP contribution in [0.3, 0.4) is 0 Å². The summed E-state index contributed by atoms with van der Waals surface area (Å²) < 4.78 is 2.07. The molecule has 0 spiro atoms. The zero-order valence-electron chi connectivity index (χ0n) is 16.8. The monoisotopic (exact) mass is 437 g/mol. The van der Waals surface area contributed by atoms with Crippen molar-refractivity contribution in [2.24, 2.45) is 0 Å². The Morgan fingerprint density at radius 2 is 2.00 bits per heavy atom. The van der Waals surface area contributed by atoms with Gasteiger partial charge in [-0.1, -0.05) is 49.2 Å². The summed E-state index contributed by atoms with van der Waals surface area (Å²) in [6.07, 6.45) is 4.99. The number of halogens is 1. The highest BCUT2D eigenvalue weighted by molar-refractivity contribution is 7.10. The van der Waals surface area contributed by atoms with E-state index in [1.54, 1.807) is 11.3 Å². The summed E-state index contributed by atoms with van der Waals surface area (Å²) in [5, 5.41) is 5.97. The molecule has 0 bridgehead atoms. The molecule has 3 heterocycles. The average Bonchev–Trinajstić information content (AvgIpc) is 3.41. The summed E-state index contributed by atoms with van der Waals surface area (Å²) in [4.78, 5) is 18.8. The van der Waals surface area contributed by atoms with E-state index in [-0.39, 0.29) is 11.9 Å². The normalized spacial score (nSPS) is 12.2. The van der Waals surface area contributed by atoms with Gasteiger partial charge >= 0.3 is 0 Å². The van der Waals surface area contributed by atoms with Gasteiger partial charge in [0.2, 0.25) is 5.91 Å². The van der Waals surface area contributed by atoms with Gasteiger partial charge in [0.25, 0.3) is 0 Å². The van der Waals surface area contributed by atoms with E-state index >= 15 is 0 Å². The molecule has 0 unspecified atom stereocenters. The molecule has 0 aliphatic rings. The van der Waals surface area contributed by atoms with E-state index in [0.29, 0.717) is 17.9 Å². The quantitative estimate of drug-likeness (QED) is 0.351. The summed E-state index contributed by atoms with van der Waals surface area (Å²) >= 11 is 7.75. The first-order valence-corrected chi connectivity index (χ1v) is 11.5. The number of thiophene rings is 1. The SMILES string of the molecule is CCC[C@H](NC(=O)CCc1c(-c2ccc(Cl)cc2)nc2ccccn12)c1cccs1. The molecule has 0 radical (unpaired) electrons. The molecule has 3 aromatic heterocycles. The lowest BCUT2D eigenvalue weighted by atomic mass is 10.1. The predicted molar refractivity (Wildman–Crippen MR) is 124 cm³/mol. The highest BCUT2D eigenvalue weighted by Crippen LogP contribution is 2.27. The van der Waals surface area contributed by atoms with Crippen molar-refractivity contribution >= 4 is 34.5 Å². The lowest BCUT2D eigenvalue weighted by molar-refractivity contribution is -0.121. The van der Waals surface area contributed by atoms with E-state index in [1.165, 1.54) is 4.88 Å². The molecule has 4 rings (SSSR count). The van der Waals surface area contributed by atoms with E-state index in [0.717, 1.165) is 35.4 Å². The van der Waals surface area contributed by atoms with E-state index in [9.17, 15) is 4.79 Å². The van der Waals surface area contributed by atoms with Crippen molar-refractivity contribution in [2.45, 2.75) is 38.6 Å². The molecule has 6 heteroatoms. The number of imidazole rings is 1. The number of benzene rings is 1. The van der Waals surface area contributed by atoms with Crippen molar-refractivity contribution in [3.8, 4) is 11.3 Å². The van der Waals surface area contributed by atoms with Crippen LogP contribution in [0.1, 0.15) is 42.8 Å². The summed E-state index contributed by atoms with van der Waals surface area (Å²) in [7, 11) is 0. The van der Waals surface area contributed by atoms with Crippen molar-refractivity contribution in [3.63, 3.8) is 0 Å². The molecule has 0 fully saturated rings. The molecule has 1 N–H and O–H groups in total.